The molecule has 2 N–H and O–H groups in total. The van der Waals surface area contributed by atoms with E-state index in [-0.39, 0.29) is 5.54 Å². The van der Waals surface area contributed by atoms with Gasteiger partial charge in [0.2, 0.25) is 0 Å². The number of nitrogens with two attached hydrogens (primary N) is 1. The van der Waals surface area contributed by atoms with Crippen LogP contribution in [-0.2, 0) is 0 Å². The fraction of sp³-hybridized carbons (Fsp3) is 1.00. The average Bonchev–Trinajstić information content (AvgIpc) is 2.17. The molecule has 0 aromatic heterocycles. The van der Waals surface area contributed by atoms with Crippen LogP contribution in [0, 0.1) is 0 Å². The highest BCUT2D eigenvalue weighted by atomic mass is 15.1. The Kier molecular flexibility index (Phi) is 1.29. The van der Waals surface area contributed by atoms with Gasteiger partial charge >= 0.3 is 0 Å². The van der Waals surface area contributed by atoms with Crippen molar-refractivity contribution in [2.24, 2.45) is 5.73 Å². The summed E-state index contributed by atoms with van der Waals surface area (Å²) in [5.41, 5.74) is 6.00. The van der Waals surface area contributed by atoms with Gasteiger partial charge in [0, 0.05) is 12.1 Å². The number of hydrogen-bond donors (Lipinski definition) is 1. The first kappa shape index (κ1) is 6.05. The zero-order valence-electron chi connectivity index (χ0n) is 5.65. The van der Waals surface area contributed by atoms with Crippen LogP contribution in [0.2, 0.25) is 0 Å². The number of rotatable bonds is 2. The first-order valence-corrected chi connectivity index (χ1v) is 3.06. The minimum absolute atomic E-state index is 0.198. The second kappa shape index (κ2) is 1.71. The molecule has 0 heterocycles. The molecule has 1 aliphatic carbocycles. The Bertz CT molecular complexity index is 84.5. The molecular formula is C6H14N2. The Morgan fingerprint density at radius 2 is 2.00 bits per heavy atom. The summed E-state index contributed by atoms with van der Waals surface area (Å²) in [7, 11) is 4.12. The fourth-order valence-electron chi connectivity index (χ4n) is 0.948. The molecule has 0 spiro atoms. The average molecular weight is 114 g/mol. The molecule has 1 fully saturated rings. The Hall–Kier alpha value is -0.0800. The lowest BCUT2D eigenvalue weighted by molar-refractivity contribution is 0.363. The molecule has 48 valence electrons. The van der Waals surface area contributed by atoms with Crippen LogP contribution in [0.5, 0.6) is 0 Å². The minimum Gasteiger partial charge on any atom is -0.324 e. The fourth-order valence-corrected chi connectivity index (χ4v) is 0.948. The number of likely N-dealkylation sites (N-methyl/N-ethyl adjacent to an activating group) is 1. The second-order valence-corrected chi connectivity index (χ2v) is 3.10. The van der Waals surface area contributed by atoms with Gasteiger partial charge in [-0.1, -0.05) is 0 Å². The van der Waals surface area contributed by atoms with E-state index >= 15 is 0 Å². The van der Waals surface area contributed by atoms with E-state index in [0.717, 1.165) is 6.54 Å². The molecule has 1 rings (SSSR count). The summed E-state index contributed by atoms with van der Waals surface area (Å²) in [5, 5.41) is 0. The zero-order chi connectivity index (χ0) is 6.20. The molecule has 0 aromatic rings. The summed E-state index contributed by atoms with van der Waals surface area (Å²) in [4.78, 5) is 2.15. The molecular weight excluding hydrogens is 100 g/mol. The van der Waals surface area contributed by atoms with Crippen molar-refractivity contribution in [1.29, 1.82) is 0 Å². The second-order valence-electron chi connectivity index (χ2n) is 3.10. The van der Waals surface area contributed by atoms with Crippen molar-refractivity contribution in [2.75, 3.05) is 20.6 Å². The quantitative estimate of drug-likeness (QED) is 0.549. The van der Waals surface area contributed by atoms with E-state index in [9.17, 15) is 0 Å². The highest BCUT2D eigenvalue weighted by Crippen LogP contribution is 2.32. The van der Waals surface area contributed by atoms with E-state index < -0.39 is 0 Å². The van der Waals surface area contributed by atoms with Crippen molar-refractivity contribution in [2.45, 2.75) is 18.4 Å². The standard InChI is InChI=1S/C6H14N2/c1-8(2)5-6(7)3-4-6/h3-5,7H2,1-2H3. The molecule has 0 aliphatic heterocycles. The van der Waals surface area contributed by atoms with Gasteiger partial charge in [0.05, 0.1) is 0 Å². The van der Waals surface area contributed by atoms with Crippen LogP contribution in [0.3, 0.4) is 0 Å². The molecule has 2 nitrogen and oxygen atoms in total. The van der Waals surface area contributed by atoms with Crippen molar-refractivity contribution in [1.82, 2.24) is 4.90 Å². The number of hydrogen-bond acceptors (Lipinski definition) is 2. The Morgan fingerprint density at radius 3 is 2.12 bits per heavy atom. The molecule has 8 heavy (non-hydrogen) atoms. The normalized spacial score (nSPS) is 24.0. The molecule has 0 bridgehead atoms. The predicted octanol–water partition coefficient (Wildman–Crippen LogP) is 0.0393. The lowest BCUT2D eigenvalue weighted by atomic mass is 10.3. The molecule has 0 atom stereocenters. The van der Waals surface area contributed by atoms with E-state index in [1.54, 1.807) is 0 Å². The van der Waals surface area contributed by atoms with Crippen LogP contribution in [0.4, 0.5) is 0 Å². The third-order valence-electron chi connectivity index (χ3n) is 1.52. The van der Waals surface area contributed by atoms with E-state index in [2.05, 4.69) is 19.0 Å². The van der Waals surface area contributed by atoms with E-state index in [1.165, 1.54) is 12.8 Å². The first-order valence-electron chi connectivity index (χ1n) is 3.06. The summed E-state index contributed by atoms with van der Waals surface area (Å²) < 4.78 is 0. The van der Waals surface area contributed by atoms with Crippen LogP contribution in [0.25, 0.3) is 0 Å². The van der Waals surface area contributed by atoms with Crippen LogP contribution in [0.1, 0.15) is 12.8 Å². The maximum Gasteiger partial charge on any atom is 0.0284 e. The van der Waals surface area contributed by atoms with Crippen molar-refractivity contribution < 1.29 is 0 Å². The molecule has 1 aliphatic rings. The molecule has 0 aromatic carbocycles. The van der Waals surface area contributed by atoms with Gasteiger partial charge in [0.25, 0.3) is 0 Å². The summed E-state index contributed by atoms with van der Waals surface area (Å²) >= 11 is 0. The predicted molar refractivity (Wildman–Crippen MR) is 34.7 cm³/mol. The van der Waals surface area contributed by atoms with Crippen LogP contribution < -0.4 is 5.73 Å². The third kappa shape index (κ3) is 1.46. The summed E-state index contributed by atoms with van der Waals surface area (Å²) in [6.07, 6.45) is 2.43. The van der Waals surface area contributed by atoms with Gasteiger partial charge in [-0.15, -0.1) is 0 Å². The summed E-state index contributed by atoms with van der Waals surface area (Å²) in [5.74, 6) is 0. The van der Waals surface area contributed by atoms with Crippen molar-refractivity contribution in [3.63, 3.8) is 0 Å². The highest BCUT2D eigenvalue weighted by Gasteiger charge is 2.38. The molecule has 2 heteroatoms. The molecule has 0 saturated heterocycles. The van der Waals surface area contributed by atoms with Crippen molar-refractivity contribution in [3.8, 4) is 0 Å². The van der Waals surface area contributed by atoms with Gasteiger partial charge in [0.15, 0.2) is 0 Å². The third-order valence-corrected chi connectivity index (χ3v) is 1.52. The smallest absolute Gasteiger partial charge is 0.0284 e. The molecule has 0 radical (unpaired) electrons. The van der Waals surface area contributed by atoms with Gasteiger partial charge in [-0.05, 0) is 26.9 Å². The zero-order valence-corrected chi connectivity index (χ0v) is 5.65. The Labute approximate surface area is 50.7 Å². The van der Waals surface area contributed by atoms with Gasteiger partial charge in [-0.25, -0.2) is 0 Å². The molecule has 0 amide bonds. The maximum absolute atomic E-state index is 5.81. The van der Waals surface area contributed by atoms with E-state index in [4.69, 9.17) is 5.73 Å². The van der Waals surface area contributed by atoms with Crippen LogP contribution >= 0.6 is 0 Å². The first-order chi connectivity index (χ1) is 3.62. The van der Waals surface area contributed by atoms with Crippen LogP contribution in [0.15, 0.2) is 0 Å². The van der Waals surface area contributed by atoms with Crippen LogP contribution in [-0.4, -0.2) is 31.1 Å². The Balaban J connectivity index is 2.19. The largest absolute Gasteiger partial charge is 0.324 e. The lowest BCUT2D eigenvalue weighted by Crippen LogP contribution is -2.34. The van der Waals surface area contributed by atoms with Gasteiger partial charge < -0.3 is 10.6 Å². The van der Waals surface area contributed by atoms with E-state index in [0.29, 0.717) is 0 Å². The minimum atomic E-state index is 0.198. The summed E-state index contributed by atoms with van der Waals surface area (Å²) in [6, 6.07) is 0. The lowest BCUT2D eigenvalue weighted by Gasteiger charge is -2.14. The van der Waals surface area contributed by atoms with Crippen molar-refractivity contribution in [3.05, 3.63) is 0 Å². The monoisotopic (exact) mass is 114 g/mol. The van der Waals surface area contributed by atoms with Gasteiger partial charge in [0.1, 0.15) is 0 Å². The number of nitrogens with zero attached hydrogens (tertiary/aromatic N) is 1. The summed E-state index contributed by atoms with van der Waals surface area (Å²) in [6.45, 7) is 1.05. The SMILES string of the molecule is CN(C)CC1(N)CC1. The van der Waals surface area contributed by atoms with Crippen molar-refractivity contribution >= 4 is 0 Å². The topological polar surface area (TPSA) is 29.3 Å². The maximum atomic E-state index is 5.81. The van der Waals surface area contributed by atoms with Gasteiger partial charge in [-0.2, -0.15) is 0 Å². The van der Waals surface area contributed by atoms with E-state index in [1.807, 2.05) is 0 Å². The van der Waals surface area contributed by atoms with Gasteiger partial charge in [-0.3, -0.25) is 0 Å². The molecule has 1 saturated carbocycles. The Morgan fingerprint density at radius 1 is 1.50 bits per heavy atom. The molecule has 0 unspecified atom stereocenters. The highest BCUT2D eigenvalue weighted by molar-refractivity contribution is 5.00.